The molecular weight excluding hydrogens is 284 g/mol. The summed E-state index contributed by atoms with van der Waals surface area (Å²) >= 11 is 0. The van der Waals surface area contributed by atoms with E-state index >= 15 is 0 Å². The van der Waals surface area contributed by atoms with Crippen LogP contribution in [0.4, 0.5) is 5.95 Å². The number of aromatic nitrogens is 5. The summed E-state index contributed by atoms with van der Waals surface area (Å²) in [6, 6.07) is 0. The molecule has 1 aliphatic rings. The zero-order valence-corrected chi connectivity index (χ0v) is 13.1. The molecule has 0 aliphatic carbocycles. The van der Waals surface area contributed by atoms with Gasteiger partial charge in [0.1, 0.15) is 12.4 Å². The molecule has 1 fully saturated rings. The lowest BCUT2D eigenvalue weighted by atomic mass is 9.97. The van der Waals surface area contributed by atoms with E-state index in [9.17, 15) is 5.11 Å². The van der Waals surface area contributed by atoms with Crippen molar-refractivity contribution in [1.29, 1.82) is 0 Å². The van der Waals surface area contributed by atoms with Crippen molar-refractivity contribution in [3.63, 3.8) is 0 Å². The Bertz CT molecular complexity index is 623. The molecule has 8 heteroatoms. The molecule has 2 aromatic heterocycles. The predicted molar refractivity (Wildman–Crippen MR) is 79.4 cm³/mol. The third-order valence-electron chi connectivity index (χ3n) is 4.13. The highest BCUT2D eigenvalue weighted by atomic mass is 16.5. The molecule has 0 aromatic carbocycles. The molecule has 3 rings (SSSR count). The number of rotatable bonds is 5. The summed E-state index contributed by atoms with van der Waals surface area (Å²) in [7, 11) is 1.90. The fraction of sp³-hybridized carbons (Fsp3) is 0.714. The van der Waals surface area contributed by atoms with E-state index in [0.717, 1.165) is 44.6 Å². The zero-order chi connectivity index (χ0) is 15.5. The minimum absolute atomic E-state index is 0.0921. The highest BCUT2D eigenvalue weighted by Crippen LogP contribution is 2.28. The van der Waals surface area contributed by atoms with Crippen molar-refractivity contribution in [3.8, 4) is 0 Å². The fourth-order valence-electron chi connectivity index (χ4n) is 2.93. The number of aliphatic hydroxyl groups excluding tert-OH is 1. The normalized spacial score (nSPS) is 18.9. The van der Waals surface area contributed by atoms with Gasteiger partial charge in [-0.15, -0.1) is 10.2 Å². The molecule has 0 bridgehead atoms. The number of nitrogens with zero attached hydrogens (tertiary/aromatic N) is 6. The molecule has 0 spiro atoms. The van der Waals surface area contributed by atoms with E-state index in [1.165, 1.54) is 0 Å². The van der Waals surface area contributed by atoms with Gasteiger partial charge in [-0.25, -0.2) is 0 Å². The third kappa shape index (κ3) is 2.83. The van der Waals surface area contributed by atoms with Crippen LogP contribution >= 0.6 is 0 Å². The van der Waals surface area contributed by atoms with Crippen LogP contribution in [0, 0.1) is 0 Å². The summed E-state index contributed by atoms with van der Waals surface area (Å²) in [5, 5.41) is 21.6. The van der Waals surface area contributed by atoms with Gasteiger partial charge in [0, 0.05) is 32.5 Å². The molecule has 1 saturated heterocycles. The first kappa shape index (κ1) is 15.0. The first-order valence-electron chi connectivity index (χ1n) is 7.79. The minimum atomic E-state index is -0.0921. The smallest absolute Gasteiger partial charge is 0.266 e. The summed E-state index contributed by atoms with van der Waals surface area (Å²) in [5.41, 5.74) is 0. The van der Waals surface area contributed by atoms with Gasteiger partial charge in [0.25, 0.3) is 5.95 Å². The van der Waals surface area contributed by atoms with Gasteiger partial charge >= 0.3 is 0 Å². The summed E-state index contributed by atoms with van der Waals surface area (Å²) < 4.78 is 7.16. The van der Waals surface area contributed by atoms with Crippen molar-refractivity contribution in [3.05, 3.63) is 17.5 Å². The average Bonchev–Trinajstić information content (AvgIpc) is 3.14. The maximum atomic E-state index is 9.25. The summed E-state index contributed by atoms with van der Waals surface area (Å²) in [6.45, 7) is 3.72. The molecule has 2 aromatic rings. The van der Waals surface area contributed by atoms with Crippen molar-refractivity contribution in [2.75, 3.05) is 18.0 Å². The molecule has 1 atom stereocenters. The molecule has 3 heterocycles. The van der Waals surface area contributed by atoms with Crippen LogP contribution in [0.3, 0.4) is 0 Å². The van der Waals surface area contributed by atoms with Crippen LogP contribution < -0.4 is 4.90 Å². The second-order valence-electron chi connectivity index (χ2n) is 5.71. The molecule has 0 radical (unpaired) electrons. The molecule has 0 amide bonds. The molecule has 0 saturated carbocycles. The lowest BCUT2D eigenvalue weighted by Gasteiger charge is -2.31. The summed E-state index contributed by atoms with van der Waals surface area (Å²) in [5.74, 6) is 3.13. The average molecular weight is 306 g/mol. The molecule has 0 unspecified atom stereocenters. The Morgan fingerprint density at radius 1 is 1.36 bits per heavy atom. The summed E-state index contributed by atoms with van der Waals surface area (Å²) in [6.07, 6.45) is 3.90. The first-order valence-corrected chi connectivity index (χ1v) is 7.79. The number of hydrogen-bond donors (Lipinski definition) is 1. The first-order chi connectivity index (χ1) is 10.7. The molecule has 1 aliphatic heterocycles. The van der Waals surface area contributed by atoms with Gasteiger partial charge in [0.15, 0.2) is 5.82 Å². The van der Waals surface area contributed by atoms with Crippen LogP contribution in [-0.2, 0) is 20.1 Å². The SMILES string of the molecule is CCCc1nc(N2CCC[C@@H](c3nnc(CO)n3C)C2)no1. The van der Waals surface area contributed by atoms with Crippen LogP contribution in [0.1, 0.15) is 49.6 Å². The lowest BCUT2D eigenvalue weighted by Crippen LogP contribution is -2.36. The largest absolute Gasteiger partial charge is 0.388 e. The van der Waals surface area contributed by atoms with Gasteiger partial charge in [-0.05, 0) is 24.4 Å². The maximum Gasteiger partial charge on any atom is 0.266 e. The van der Waals surface area contributed by atoms with E-state index in [1.807, 2.05) is 11.6 Å². The molecule has 1 N–H and O–H groups in total. The second-order valence-corrected chi connectivity index (χ2v) is 5.71. The number of anilines is 1. The van der Waals surface area contributed by atoms with Crippen molar-refractivity contribution in [2.24, 2.45) is 7.05 Å². The fourth-order valence-corrected chi connectivity index (χ4v) is 2.93. The number of aryl methyl sites for hydroxylation is 1. The topological polar surface area (TPSA) is 93.1 Å². The highest BCUT2D eigenvalue weighted by molar-refractivity contribution is 5.30. The number of piperidine rings is 1. The van der Waals surface area contributed by atoms with Crippen molar-refractivity contribution in [2.45, 2.75) is 45.1 Å². The minimum Gasteiger partial charge on any atom is -0.388 e. The number of aliphatic hydroxyl groups is 1. The van der Waals surface area contributed by atoms with Gasteiger partial charge < -0.3 is 19.1 Å². The van der Waals surface area contributed by atoms with E-state index in [-0.39, 0.29) is 12.5 Å². The molecular formula is C14H22N6O2. The molecule has 22 heavy (non-hydrogen) atoms. The van der Waals surface area contributed by atoms with E-state index in [2.05, 4.69) is 32.2 Å². The molecule has 120 valence electrons. The van der Waals surface area contributed by atoms with Crippen LogP contribution in [-0.4, -0.2) is 43.1 Å². The van der Waals surface area contributed by atoms with Crippen molar-refractivity contribution >= 4 is 5.95 Å². The Kier molecular flexibility index (Phi) is 4.37. The highest BCUT2D eigenvalue weighted by Gasteiger charge is 2.28. The monoisotopic (exact) mass is 306 g/mol. The van der Waals surface area contributed by atoms with Crippen LogP contribution in [0.5, 0.6) is 0 Å². The van der Waals surface area contributed by atoms with Crippen molar-refractivity contribution in [1.82, 2.24) is 24.9 Å². The zero-order valence-electron chi connectivity index (χ0n) is 13.1. The van der Waals surface area contributed by atoms with Crippen LogP contribution in [0.25, 0.3) is 0 Å². The second kappa shape index (κ2) is 6.43. The van der Waals surface area contributed by atoms with E-state index in [4.69, 9.17) is 4.52 Å². The summed E-state index contributed by atoms with van der Waals surface area (Å²) in [4.78, 5) is 6.60. The van der Waals surface area contributed by atoms with Crippen LogP contribution in [0.2, 0.25) is 0 Å². The Morgan fingerprint density at radius 2 is 2.23 bits per heavy atom. The standard InChI is InChI=1S/C14H22N6O2/c1-3-5-12-15-14(18-22-12)20-7-4-6-10(8-20)13-17-16-11(9-21)19(13)2/h10,21H,3-9H2,1-2H3/t10-/m1/s1. The Morgan fingerprint density at radius 3 is 2.95 bits per heavy atom. The Hall–Kier alpha value is -1.96. The van der Waals surface area contributed by atoms with Gasteiger partial charge in [-0.3, -0.25) is 0 Å². The Balaban J connectivity index is 1.74. The van der Waals surface area contributed by atoms with Gasteiger partial charge in [0.2, 0.25) is 5.89 Å². The van der Waals surface area contributed by atoms with Crippen LogP contribution in [0.15, 0.2) is 4.52 Å². The lowest BCUT2D eigenvalue weighted by molar-refractivity contribution is 0.266. The van der Waals surface area contributed by atoms with E-state index in [0.29, 0.717) is 17.7 Å². The third-order valence-corrected chi connectivity index (χ3v) is 4.13. The quantitative estimate of drug-likeness (QED) is 0.881. The Labute approximate surface area is 129 Å². The van der Waals surface area contributed by atoms with Gasteiger partial charge in [-0.2, -0.15) is 4.98 Å². The van der Waals surface area contributed by atoms with Gasteiger partial charge in [0.05, 0.1) is 0 Å². The molecule has 8 nitrogen and oxygen atoms in total. The number of hydrogen-bond acceptors (Lipinski definition) is 7. The maximum absolute atomic E-state index is 9.25. The predicted octanol–water partition coefficient (Wildman–Crippen LogP) is 1.03. The van der Waals surface area contributed by atoms with E-state index in [1.54, 1.807) is 0 Å². The van der Waals surface area contributed by atoms with Gasteiger partial charge in [-0.1, -0.05) is 6.92 Å². The van der Waals surface area contributed by atoms with Crippen molar-refractivity contribution < 1.29 is 9.63 Å². The van der Waals surface area contributed by atoms with E-state index < -0.39 is 0 Å².